The second-order valence-corrected chi connectivity index (χ2v) is 7.19. The summed E-state index contributed by atoms with van der Waals surface area (Å²) in [4.78, 5) is 10.9. The summed E-state index contributed by atoms with van der Waals surface area (Å²) in [6, 6.07) is 8.01. The quantitative estimate of drug-likeness (QED) is 0.471. The molecule has 0 saturated heterocycles. The first kappa shape index (κ1) is 21.8. The van der Waals surface area contributed by atoms with Gasteiger partial charge < -0.3 is 24.7 Å². The molecule has 1 amide bonds. The van der Waals surface area contributed by atoms with Crippen molar-refractivity contribution in [3.05, 3.63) is 35.4 Å². The molecule has 0 heterocycles. The fourth-order valence-electron chi connectivity index (χ4n) is 4.73. The molecule has 3 unspecified atom stereocenters. The number of benzene rings is 1. The van der Waals surface area contributed by atoms with E-state index in [1.807, 2.05) is 24.3 Å². The molecule has 0 aromatic heterocycles. The molecule has 0 fully saturated rings. The Hall–Kier alpha value is -1.47. The number of carbonyl (C=O) groups excluding carboxylic acids is 1. The topological polar surface area (TPSA) is 80.0 Å². The van der Waals surface area contributed by atoms with Crippen LogP contribution in [0.4, 0.5) is 0 Å². The van der Waals surface area contributed by atoms with Crippen molar-refractivity contribution in [2.45, 2.75) is 56.5 Å². The molecule has 1 aliphatic carbocycles. The second kappa shape index (κ2) is 9.15. The van der Waals surface area contributed by atoms with Gasteiger partial charge in [-0.25, -0.2) is 0 Å². The molecule has 1 aromatic carbocycles. The van der Waals surface area contributed by atoms with Crippen molar-refractivity contribution in [1.29, 1.82) is 0 Å². The number of hydrogen-bond donors (Lipinski definition) is 1. The maximum Gasteiger partial charge on any atom is 0.228 e. The molecule has 0 saturated carbocycles. The van der Waals surface area contributed by atoms with E-state index in [2.05, 4.69) is 6.92 Å². The molecule has 27 heavy (non-hydrogen) atoms. The van der Waals surface area contributed by atoms with Crippen LogP contribution in [-0.4, -0.2) is 39.9 Å². The molecular weight excluding hydrogens is 346 g/mol. The number of hydrogen-bond acceptors (Lipinski definition) is 5. The van der Waals surface area contributed by atoms with Gasteiger partial charge in [-0.2, -0.15) is 0 Å². The van der Waals surface area contributed by atoms with Crippen LogP contribution in [0.5, 0.6) is 0 Å². The Kier molecular flexibility index (Phi) is 7.40. The third-order valence-electron chi connectivity index (χ3n) is 5.94. The molecule has 0 bridgehead atoms. The number of rotatable bonds is 11. The number of ether oxygens (including phenoxy) is 4. The maximum absolute atomic E-state index is 10.9. The summed E-state index contributed by atoms with van der Waals surface area (Å²) < 4.78 is 24.1. The number of unbranched alkanes of at least 4 members (excludes halogenated alkanes) is 2. The van der Waals surface area contributed by atoms with E-state index in [4.69, 9.17) is 24.7 Å². The highest BCUT2D eigenvalue weighted by molar-refractivity contribution is 5.73. The minimum absolute atomic E-state index is 0.0772. The fourth-order valence-corrected chi connectivity index (χ4v) is 4.73. The van der Waals surface area contributed by atoms with E-state index in [1.54, 1.807) is 28.4 Å². The van der Waals surface area contributed by atoms with Gasteiger partial charge in [-0.05, 0) is 24.3 Å². The van der Waals surface area contributed by atoms with Crippen LogP contribution in [0.3, 0.4) is 0 Å². The van der Waals surface area contributed by atoms with Crippen molar-refractivity contribution in [2.75, 3.05) is 28.4 Å². The lowest BCUT2D eigenvalue weighted by molar-refractivity contribution is -0.347. The van der Waals surface area contributed by atoms with Crippen molar-refractivity contribution in [2.24, 2.45) is 11.7 Å². The predicted octanol–water partition coefficient (Wildman–Crippen LogP) is 3.29. The van der Waals surface area contributed by atoms with Crippen LogP contribution in [-0.2, 0) is 29.5 Å². The molecule has 152 valence electrons. The van der Waals surface area contributed by atoms with Gasteiger partial charge in [0.1, 0.15) is 6.10 Å². The lowest BCUT2D eigenvalue weighted by Crippen LogP contribution is -2.59. The third-order valence-corrected chi connectivity index (χ3v) is 5.94. The largest absolute Gasteiger partial charge is 0.373 e. The summed E-state index contributed by atoms with van der Waals surface area (Å²) >= 11 is 0. The fraction of sp³-hybridized carbons (Fsp3) is 0.667. The highest BCUT2D eigenvalue weighted by Gasteiger charge is 2.68. The van der Waals surface area contributed by atoms with Gasteiger partial charge in [0.2, 0.25) is 11.7 Å². The van der Waals surface area contributed by atoms with Gasteiger partial charge in [-0.15, -0.1) is 0 Å². The average Bonchev–Trinajstić information content (AvgIpc) is 2.93. The van der Waals surface area contributed by atoms with Gasteiger partial charge in [0.25, 0.3) is 0 Å². The first-order valence-corrected chi connectivity index (χ1v) is 9.51. The molecule has 2 N–H and O–H groups in total. The lowest BCUT2D eigenvalue weighted by atomic mass is 9.76. The maximum atomic E-state index is 10.9. The van der Waals surface area contributed by atoms with Gasteiger partial charge in [0.05, 0.1) is 0 Å². The van der Waals surface area contributed by atoms with E-state index in [0.29, 0.717) is 6.42 Å². The standard InChI is InChI=1S/C21H33NO5/c1-15(11-7-6-8-14-18(22)23)20(25-3)19(24-2)16-12-9-10-13-17(16)21(20,26-4)27-5/h9-10,12-13,15,19H,6-8,11,14H2,1-5H3,(H2,22,23). The number of fused-ring (bicyclic) bond motifs is 1. The van der Waals surface area contributed by atoms with E-state index >= 15 is 0 Å². The monoisotopic (exact) mass is 379 g/mol. The van der Waals surface area contributed by atoms with Crippen LogP contribution in [0.25, 0.3) is 0 Å². The Morgan fingerprint density at radius 2 is 1.74 bits per heavy atom. The normalized spacial score (nSPS) is 24.6. The Morgan fingerprint density at radius 1 is 1.07 bits per heavy atom. The van der Waals surface area contributed by atoms with Crippen molar-refractivity contribution in [3.63, 3.8) is 0 Å². The number of methoxy groups -OCH3 is 4. The van der Waals surface area contributed by atoms with Crippen molar-refractivity contribution < 1.29 is 23.7 Å². The first-order chi connectivity index (χ1) is 12.9. The number of amides is 1. The zero-order valence-corrected chi connectivity index (χ0v) is 17.1. The molecular formula is C21H33NO5. The van der Waals surface area contributed by atoms with Crippen LogP contribution in [0.15, 0.2) is 24.3 Å². The summed E-state index contributed by atoms with van der Waals surface area (Å²) in [7, 11) is 6.67. The third kappa shape index (κ3) is 3.51. The molecule has 3 atom stereocenters. The van der Waals surface area contributed by atoms with E-state index in [9.17, 15) is 4.79 Å². The van der Waals surface area contributed by atoms with Crippen LogP contribution in [0, 0.1) is 5.92 Å². The van der Waals surface area contributed by atoms with Crippen LogP contribution in [0.1, 0.15) is 56.3 Å². The number of primary amides is 1. The zero-order chi connectivity index (χ0) is 20.1. The van der Waals surface area contributed by atoms with Gasteiger partial charge in [-0.3, -0.25) is 4.79 Å². The second-order valence-electron chi connectivity index (χ2n) is 7.19. The number of carbonyl (C=O) groups is 1. The average molecular weight is 379 g/mol. The summed E-state index contributed by atoms with van der Waals surface area (Å²) in [5, 5.41) is 0. The van der Waals surface area contributed by atoms with Crippen molar-refractivity contribution >= 4 is 5.91 Å². The molecule has 2 rings (SSSR count). The summed E-state index contributed by atoms with van der Waals surface area (Å²) in [6.07, 6.45) is 3.68. The Morgan fingerprint density at radius 3 is 2.30 bits per heavy atom. The van der Waals surface area contributed by atoms with E-state index in [0.717, 1.165) is 36.8 Å². The Labute approximate surface area is 162 Å². The minimum Gasteiger partial charge on any atom is -0.373 e. The van der Waals surface area contributed by atoms with E-state index in [1.165, 1.54) is 0 Å². The molecule has 1 aromatic rings. The molecule has 6 nitrogen and oxygen atoms in total. The minimum atomic E-state index is -1.06. The van der Waals surface area contributed by atoms with Gasteiger partial charge in [-0.1, -0.05) is 44.0 Å². The van der Waals surface area contributed by atoms with Crippen molar-refractivity contribution in [3.8, 4) is 0 Å². The van der Waals surface area contributed by atoms with Gasteiger partial charge >= 0.3 is 0 Å². The van der Waals surface area contributed by atoms with E-state index < -0.39 is 11.4 Å². The van der Waals surface area contributed by atoms with Crippen LogP contribution < -0.4 is 5.73 Å². The van der Waals surface area contributed by atoms with Gasteiger partial charge in [0, 0.05) is 40.4 Å². The molecule has 1 aliphatic rings. The molecule has 0 aliphatic heterocycles. The predicted molar refractivity (Wildman–Crippen MR) is 103 cm³/mol. The molecule has 6 heteroatoms. The summed E-state index contributed by atoms with van der Waals surface area (Å²) in [5.41, 5.74) is 6.34. The molecule has 0 spiro atoms. The van der Waals surface area contributed by atoms with E-state index in [-0.39, 0.29) is 17.9 Å². The lowest BCUT2D eigenvalue weighted by Gasteiger charge is -2.48. The summed E-state index contributed by atoms with van der Waals surface area (Å²) in [6.45, 7) is 2.14. The summed E-state index contributed by atoms with van der Waals surface area (Å²) in [5.74, 6) is -1.24. The Balaban J connectivity index is 2.34. The van der Waals surface area contributed by atoms with Crippen LogP contribution >= 0.6 is 0 Å². The smallest absolute Gasteiger partial charge is 0.228 e. The zero-order valence-electron chi connectivity index (χ0n) is 17.1. The van der Waals surface area contributed by atoms with Gasteiger partial charge in [0.15, 0.2) is 5.60 Å². The highest BCUT2D eigenvalue weighted by Crippen LogP contribution is 2.60. The number of nitrogens with two attached hydrogens (primary N) is 1. The SMILES string of the molecule is COC1c2ccccc2C(OC)(OC)C1(OC)C(C)CCCCCC(N)=O. The molecule has 0 radical (unpaired) electrons. The Bertz CT molecular complexity index is 631. The van der Waals surface area contributed by atoms with Crippen molar-refractivity contribution in [1.82, 2.24) is 0 Å². The van der Waals surface area contributed by atoms with Crippen LogP contribution in [0.2, 0.25) is 0 Å². The first-order valence-electron chi connectivity index (χ1n) is 9.51. The highest BCUT2D eigenvalue weighted by atomic mass is 16.7.